The molecule has 3 aromatic rings. The molecule has 1 amide bonds. The van der Waals surface area contributed by atoms with Crippen molar-refractivity contribution in [3.63, 3.8) is 0 Å². The van der Waals surface area contributed by atoms with Crippen LogP contribution in [0.1, 0.15) is 12.5 Å². The minimum atomic E-state index is -4.08. The first-order chi connectivity index (χ1) is 15.7. The Morgan fingerprint density at radius 3 is 2.36 bits per heavy atom. The summed E-state index contributed by atoms with van der Waals surface area (Å²) in [7, 11) is -2.59. The summed E-state index contributed by atoms with van der Waals surface area (Å²) < 4.78 is 34.0. The van der Waals surface area contributed by atoms with E-state index in [1.807, 2.05) is 24.3 Å². The molecule has 0 aliphatic carbocycles. The number of amides is 1. The van der Waals surface area contributed by atoms with Crippen molar-refractivity contribution in [2.45, 2.75) is 11.8 Å². The summed E-state index contributed by atoms with van der Waals surface area (Å²) in [4.78, 5) is 12.7. The average Bonchev–Trinajstić information content (AvgIpc) is 2.81. The van der Waals surface area contributed by atoms with E-state index in [2.05, 4.69) is 33.1 Å². The van der Waals surface area contributed by atoms with Gasteiger partial charge in [0.25, 0.3) is 15.9 Å². The van der Waals surface area contributed by atoms with Gasteiger partial charge in [0, 0.05) is 8.59 Å². The van der Waals surface area contributed by atoms with Gasteiger partial charge in [-0.15, -0.1) is 0 Å². The van der Waals surface area contributed by atoms with E-state index in [1.165, 1.54) is 37.4 Å². The third-order valence-corrected chi connectivity index (χ3v) is 7.38. The zero-order valence-corrected chi connectivity index (χ0v) is 21.6. The Kier molecular flexibility index (Phi) is 8.33. The maximum atomic E-state index is 13.4. The summed E-state index contributed by atoms with van der Waals surface area (Å²) in [6, 6.07) is 19.8. The molecule has 7 nitrogen and oxygen atoms in total. The number of hydrogen-bond donors (Lipinski definition) is 1. The quantitative estimate of drug-likeness (QED) is 0.232. The molecule has 0 aliphatic heterocycles. The number of nitrogens with one attached hydrogen (secondary N) is 1. The first-order valence-corrected chi connectivity index (χ1v) is 12.6. The normalized spacial score (nSPS) is 11.7. The second kappa shape index (κ2) is 11.0. The van der Waals surface area contributed by atoms with E-state index >= 15 is 0 Å². The molecule has 33 heavy (non-hydrogen) atoms. The predicted octanol–water partition coefficient (Wildman–Crippen LogP) is 4.69. The van der Waals surface area contributed by atoms with Crippen LogP contribution in [0.5, 0.6) is 5.75 Å². The Hall–Kier alpha value is -2.63. The fourth-order valence-corrected chi connectivity index (χ4v) is 4.85. The molecule has 3 aromatic carbocycles. The zero-order chi connectivity index (χ0) is 24.0. The molecule has 0 atom stereocenters. The SMILES string of the molecule is COc1ccc(S(=O)(=O)N(CC(=O)N/N=C(/C)c2ccc(I)cc2)c2cccc(Cl)c2)cc1. The molecule has 172 valence electrons. The van der Waals surface area contributed by atoms with Crippen molar-refractivity contribution < 1.29 is 17.9 Å². The van der Waals surface area contributed by atoms with Gasteiger partial charge in [-0.05, 0) is 89.7 Å². The number of hydrazone groups is 1. The van der Waals surface area contributed by atoms with Crippen LogP contribution in [0, 0.1) is 3.57 Å². The molecule has 10 heteroatoms. The number of carbonyl (C=O) groups excluding carboxylic acids is 1. The average molecular weight is 598 g/mol. The van der Waals surface area contributed by atoms with Crippen LogP contribution in [-0.4, -0.2) is 33.7 Å². The van der Waals surface area contributed by atoms with Crippen LogP contribution in [0.3, 0.4) is 0 Å². The highest BCUT2D eigenvalue weighted by molar-refractivity contribution is 14.1. The van der Waals surface area contributed by atoms with Crippen molar-refractivity contribution in [2.24, 2.45) is 5.10 Å². The van der Waals surface area contributed by atoms with E-state index in [0.29, 0.717) is 16.5 Å². The minimum absolute atomic E-state index is 0.00893. The number of nitrogens with zero attached hydrogens (tertiary/aromatic N) is 2. The lowest BCUT2D eigenvalue weighted by molar-refractivity contribution is -0.119. The number of carbonyl (C=O) groups is 1. The van der Waals surface area contributed by atoms with Crippen molar-refractivity contribution in [3.05, 3.63) is 87.0 Å². The largest absolute Gasteiger partial charge is 0.497 e. The standard InChI is InChI=1S/C23H21ClIN3O4S/c1-16(17-6-8-19(25)9-7-17)26-27-23(29)15-28(20-5-3-4-18(24)14-20)33(30,31)22-12-10-21(32-2)11-13-22/h3-14H,15H2,1-2H3,(H,27,29)/b26-16-. The molecule has 0 radical (unpaired) electrons. The number of hydrogen-bond acceptors (Lipinski definition) is 5. The van der Waals surface area contributed by atoms with Crippen molar-refractivity contribution in [1.29, 1.82) is 0 Å². The van der Waals surface area contributed by atoms with Crippen molar-refractivity contribution in [1.82, 2.24) is 5.43 Å². The summed E-state index contributed by atoms with van der Waals surface area (Å²) >= 11 is 8.28. The molecule has 0 aromatic heterocycles. The molecule has 0 fully saturated rings. The van der Waals surface area contributed by atoms with Gasteiger partial charge in [0.1, 0.15) is 12.3 Å². The molecular weight excluding hydrogens is 577 g/mol. The number of halogens is 2. The van der Waals surface area contributed by atoms with Crippen LogP contribution in [0.2, 0.25) is 5.02 Å². The lowest BCUT2D eigenvalue weighted by Crippen LogP contribution is -2.39. The van der Waals surface area contributed by atoms with Gasteiger partial charge in [-0.1, -0.05) is 29.8 Å². The fourth-order valence-electron chi connectivity index (χ4n) is 2.89. The summed E-state index contributed by atoms with van der Waals surface area (Å²) in [5.74, 6) is -0.0849. The Bertz CT molecular complexity index is 1260. The first kappa shape index (κ1) is 25.0. The molecule has 0 heterocycles. The van der Waals surface area contributed by atoms with Crippen LogP contribution >= 0.6 is 34.2 Å². The van der Waals surface area contributed by atoms with E-state index in [4.69, 9.17) is 16.3 Å². The molecule has 0 saturated heterocycles. The second-order valence-electron chi connectivity index (χ2n) is 6.91. The maximum Gasteiger partial charge on any atom is 0.264 e. The molecule has 0 unspecified atom stereocenters. The van der Waals surface area contributed by atoms with Crippen molar-refractivity contribution in [3.8, 4) is 5.75 Å². The summed E-state index contributed by atoms with van der Waals surface area (Å²) in [6.07, 6.45) is 0. The Morgan fingerprint density at radius 2 is 1.76 bits per heavy atom. The number of ether oxygens (including phenoxy) is 1. The van der Waals surface area contributed by atoms with Gasteiger partial charge in [-0.3, -0.25) is 9.10 Å². The number of methoxy groups -OCH3 is 1. The molecule has 0 aliphatic rings. The van der Waals surface area contributed by atoms with E-state index < -0.39 is 22.5 Å². The molecule has 1 N–H and O–H groups in total. The van der Waals surface area contributed by atoms with Gasteiger partial charge in [-0.2, -0.15) is 5.10 Å². The van der Waals surface area contributed by atoms with Gasteiger partial charge < -0.3 is 4.74 Å². The Morgan fingerprint density at radius 1 is 1.09 bits per heavy atom. The Balaban J connectivity index is 1.87. The van der Waals surface area contributed by atoms with Crippen LogP contribution in [0.25, 0.3) is 0 Å². The maximum absolute atomic E-state index is 13.4. The molecule has 0 saturated carbocycles. The summed E-state index contributed by atoms with van der Waals surface area (Å²) in [5.41, 5.74) is 4.13. The number of rotatable bonds is 8. The van der Waals surface area contributed by atoms with Gasteiger partial charge in [0.05, 0.1) is 23.4 Å². The van der Waals surface area contributed by atoms with Crippen LogP contribution in [0.15, 0.2) is 82.8 Å². The molecule has 0 bridgehead atoms. The van der Waals surface area contributed by atoms with Crippen LogP contribution < -0.4 is 14.5 Å². The minimum Gasteiger partial charge on any atom is -0.497 e. The third-order valence-electron chi connectivity index (χ3n) is 4.64. The topological polar surface area (TPSA) is 88.1 Å². The fraction of sp³-hybridized carbons (Fsp3) is 0.130. The van der Waals surface area contributed by atoms with E-state index in [1.54, 1.807) is 25.1 Å². The molecular formula is C23H21ClIN3O4S. The first-order valence-electron chi connectivity index (χ1n) is 9.72. The Labute approximate surface area is 211 Å². The summed E-state index contributed by atoms with van der Waals surface area (Å²) in [6.45, 7) is 1.27. The highest BCUT2D eigenvalue weighted by Crippen LogP contribution is 2.27. The van der Waals surface area contributed by atoms with Crippen LogP contribution in [0.4, 0.5) is 5.69 Å². The highest BCUT2D eigenvalue weighted by atomic mass is 127. The van der Waals surface area contributed by atoms with E-state index in [0.717, 1.165) is 13.4 Å². The molecule has 3 rings (SSSR count). The van der Waals surface area contributed by atoms with E-state index in [9.17, 15) is 13.2 Å². The monoisotopic (exact) mass is 597 g/mol. The van der Waals surface area contributed by atoms with Crippen molar-refractivity contribution in [2.75, 3.05) is 18.0 Å². The predicted molar refractivity (Wildman–Crippen MR) is 138 cm³/mol. The van der Waals surface area contributed by atoms with E-state index in [-0.39, 0.29) is 10.6 Å². The smallest absolute Gasteiger partial charge is 0.264 e. The third kappa shape index (κ3) is 6.46. The van der Waals surface area contributed by atoms with Gasteiger partial charge in [0.2, 0.25) is 0 Å². The number of sulfonamides is 1. The highest BCUT2D eigenvalue weighted by Gasteiger charge is 2.27. The van der Waals surface area contributed by atoms with Gasteiger partial charge in [0.15, 0.2) is 0 Å². The second-order valence-corrected chi connectivity index (χ2v) is 10.5. The van der Waals surface area contributed by atoms with Gasteiger partial charge in [-0.25, -0.2) is 13.8 Å². The van der Waals surface area contributed by atoms with Gasteiger partial charge >= 0.3 is 0 Å². The lowest BCUT2D eigenvalue weighted by atomic mass is 10.1. The van der Waals surface area contributed by atoms with Crippen LogP contribution in [-0.2, 0) is 14.8 Å². The number of benzene rings is 3. The molecule has 0 spiro atoms. The number of anilines is 1. The summed E-state index contributed by atoms with van der Waals surface area (Å²) in [5, 5.41) is 4.46. The van der Waals surface area contributed by atoms with Crippen molar-refractivity contribution >= 4 is 61.5 Å². The zero-order valence-electron chi connectivity index (χ0n) is 17.8. The lowest BCUT2D eigenvalue weighted by Gasteiger charge is -2.24.